The first-order chi connectivity index (χ1) is 20.6. The fraction of sp³-hybridized carbons (Fsp3) is 0.600. The molecule has 0 radical (unpaired) electrons. The van der Waals surface area contributed by atoms with Crippen molar-refractivity contribution in [3.63, 3.8) is 0 Å². The lowest BCUT2D eigenvalue weighted by Gasteiger charge is -2.35. The third-order valence-electron chi connectivity index (χ3n) is 7.79. The van der Waals surface area contributed by atoms with Crippen LogP contribution >= 0.6 is 0 Å². The number of oxime groups is 1. The van der Waals surface area contributed by atoms with E-state index in [0.29, 0.717) is 23.6 Å². The second-order valence-electron chi connectivity index (χ2n) is 12.9. The standard InChI is InChI=1S/C30H42N6O8/c1-7-8-18(23(37)25(31)38)33-26(39)20-13-30(12-19(35-44-30)17-9-10-21-22(11-17)43-15-42-21)14-36(20)27(40)24(29(4,5)6)34-28(41)32-16(2)3/h9-11,16,18,20,24H,7-8,12-15H2,1-6H3,(H2,31,38)(H,33,39)(H2,32,34,41)/t18-,20-,24+,30+/m0/s1. The summed E-state index contributed by atoms with van der Waals surface area (Å²) in [5.41, 5.74) is 4.79. The van der Waals surface area contributed by atoms with Crippen LogP contribution in [-0.4, -0.2) is 83.3 Å². The highest BCUT2D eigenvalue weighted by molar-refractivity contribution is 6.37. The number of ether oxygens (including phenoxy) is 2. The van der Waals surface area contributed by atoms with Crippen LogP contribution in [0.15, 0.2) is 23.4 Å². The molecule has 1 aromatic carbocycles. The van der Waals surface area contributed by atoms with Crippen LogP contribution in [0.4, 0.5) is 4.79 Å². The van der Waals surface area contributed by atoms with Gasteiger partial charge in [-0.05, 0) is 43.9 Å². The van der Waals surface area contributed by atoms with Crippen molar-refractivity contribution in [2.45, 2.75) is 97.0 Å². The van der Waals surface area contributed by atoms with Gasteiger partial charge in [0, 0.05) is 24.4 Å². The minimum atomic E-state index is -1.16. The van der Waals surface area contributed by atoms with E-state index in [1.807, 2.05) is 26.8 Å². The van der Waals surface area contributed by atoms with Crippen LogP contribution in [0.1, 0.15) is 72.8 Å². The normalized spacial score (nSPS) is 21.8. The maximum Gasteiger partial charge on any atom is 0.315 e. The summed E-state index contributed by atoms with van der Waals surface area (Å²) in [7, 11) is 0. The molecule has 1 fully saturated rings. The van der Waals surface area contributed by atoms with Gasteiger partial charge in [0.1, 0.15) is 12.1 Å². The minimum absolute atomic E-state index is 0.0102. The highest BCUT2D eigenvalue weighted by Gasteiger charge is 2.55. The predicted octanol–water partition coefficient (Wildman–Crippen LogP) is 1.34. The lowest BCUT2D eigenvalue weighted by molar-refractivity contribution is -0.143. The molecular formula is C30H42N6O8. The van der Waals surface area contributed by atoms with E-state index < -0.39 is 58.7 Å². The van der Waals surface area contributed by atoms with E-state index in [-0.39, 0.29) is 38.6 Å². The number of fused-ring (bicyclic) bond motifs is 1. The van der Waals surface area contributed by atoms with Crippen molar-refractivity contribution < 1.29 is 38.3 Å². The fourth-order valence-electron chi connectivity index (χ4n) is 5.61. The van der Waals surface area contributed by atoms with Gasteiger partial charge in [0.2, 0.25) is 24.4 Å². The lowest BCUT2D eigenvalue weighted by atomic mass is 9.85. The molecule has 0 aliphatic carbocycles. The van der Waals surface area contributed by atoms with Gasteiger partial charge in [-0.1, -0.05) is 39.3 Å². The first-order valence-electron chi connectivity index (χ1n) is 14.8. The van der Waals surface area contributed by atoms with Gasteiger partial charge in [0.15, 0.2) is 17.1 Å². The highest BCUT2D eigenvalue weighted by Crippen LogP contribution is 2.41. The average Bonchev–Trinajstić information content (AvgIpc) is 3.68. The van der Waals surface area contributed by atoms with Crippen LogP contribution in [0, 0.1) is 5.41 Å². The highest BCUT2D eigenvalue weighted by atomic mass is 16.7. The van der Waals surface area contributed by atoms with Crippen molar-refractivity contribution in [1.82, 2.24) is 20.9 Å². The Balaban J connectivity index is 1.63. The van der Waals surface area contributed by atoms with E-state index in [1.54, 1.807) is 32.9 Å². The van der Waals surface area contributed by atoms with Crippen LogP contribution in [0.2, 0.25) is 0 Å². The van der Waals surface area contributed by atoms with Crippen LogP contribution in [0.3, 0.4) is 0 Å². The molecular weight excluding hydrogens is 572 g/mol. The number of benzene rings is 1. The Morgan fingerprint density at radius 3 is 2.43 bits per heavy atom. The minimum Gasteiger partial charge on any atom is -0.454 e. The number of hydrogen-bond donors (Lipinski definition) is 4. The number of carbonyl (C=O) groups excluding carboxylic acids is 5. The molecule has 5 amide bonds. The summed E-state index contributed by atoms with van der Waals surface area (Å²) in [5, 5.41) is 12.5. The number of nitrogens with one attached hydrogen (secondary N) is 3. The van der Waals surface area contributed by atoms with E-state index >= 15 is 0 Å². The Morgan fingerprint density at radius 1 is 1.09 bits per heavy atom. The lowest BCUT2D eigenvalue weighted by Crippen LogP contribution is -2.60. The number of nitrogens with two attached hydrogens (primary N) is 1. The third kappa shape index (κ3) is 7.05. The molecule has 44 heavy (non-hydrogen) atoms. The summed E-state index contributed by atoms with van der Waals surface area (Å²) < 4.78 is 10.9. The van der Waals surface area contributed by atoms with Gasteiger partial charge in [0.25, 0.3) is 5.91 Å². The van der Waals surface area contributed by atoms with Gasteiger partial charge >= 0.3 is 6.03 Å². The molecule has 240 valence electrons. The van der Waals surface area contributed by atoms with Crippen molar-refractivity contribution in [3.05, 3.63) is 23.8 Å². The number of primary amides is 1. The number of Topliss-reactive ketones (excluding diaryl/α,β-unsaturated/α-hetero) is 1. The summed E-state index contributed by atoms with van der Waals surface area (Å²) in [6.45, 7) is 10.9. The Kier molecular flexibility index (Phi) is 9.40. The van der Waals surface area contributed by atoms with Crippen molar-refractivity contribution in [2.75, 3.05) is 13.3 Å². The van der Waals surface area contributed by atoms with Crippen molar-refractivity contribution in [3.8, 4) is 11.5 Å². The topological polar surface area (TPSA) is 191 Å². The summed E-state index contributed by atoms with van der Waals surface area (Å²) in [4.78, 5) is 72.3. The number of amides is 5. The number of likely N-dealkylation sites (tertiary alicyclic amines) is 1. The van der Waals surface area contributed by atoms with E-state index in [1.165, 1.54) is 4.90 Å². The van der Waals surface area contributed by atoms with Gasteiger partial charge < -0.3 is 40.9 Å². The summed E-state index contributed by atoms with van der Waals surface area (Å²) in [6.07, 6.45) is 1.02. The van der Waals surface area contributed by atoms with Crippen LogP contribution in [0.5, 0.6) is 11.5 Å². The molecule has 14 nitrogen and oxygen atoms in total. The second kappa shape index (κ2) is 12.7. The zero-order chi connectivity index (χ0) is 32.4. The Bertz CT molecular complexity index is 1360. The molecule has 3 aliphatic rings. The molecule has 1 aromatic rings. The second-order valence-corrected chi connectivity index (χ2v) is 12.9. The number of ketones is 1. The van der Waals surface area contributed by atoms with Gasteiger partial charge in [-0.3, -0.25) is 19.2 Å². The molecule has 14 heteroatoms. The summed E-state index contributed by atoms with van der Waals surface area (Å²) >= 11 is 0. The molecule has 0 saturated carbocycles. The van der Waals surface area contributed by atoms with Gasteiger partial charge in [-0.2, -0.15) is 0 Å². The number of carbonyl (C=O) groups is 5. The molecule has 1 spiro atoms. The maximum atomic E-state index is 14.2. The fourth-order valence-corrected chi connectivity index (χ4v) is 5.61. The van der Waals surface area contributed by atoms with Gasteiger partial charge in [-0.15, -0.1) is 0 Å². The van der Waals surface area contributed by atoms with Crippen LogP contribution in [-0.2, 0) is 24.0 Å². The number of nitrogens with zero attached hydrogens (tertiary/aromatic N) is 2. The molecule has 0 aromatic heterocycles. The molecule has 5 N–H and O–H groups in total. The summed E-state index contributed by atoms with van der Waals surface area (Å²) in [6, 6.07) is 1.46. The number of urea groups is 1. The molecule has 4 atom stereocenters. The van der Waals surface area contributed by atoms with E-state index in [0.717, 1.165) is 5.56 Å². The third-order valence-corrected chi connectivity index (χ3v) is 7.79. The van der Waals surface area contributed by atoms with E-state index in [9.17, 15) is 24.0 Å². The monoisotopic (exact) mass is 614 g/mol. The Morgan fingerprint density at radius 2 is 1.80 bits per heavy atom. The molecule has 3 aliphatic heterocycles. The molecule has 3 heterocycles. The SMILES string of the molecule is CCC[C@H](NC(=O)[C@@H]1C[C@]2(CC(c3ccc4c(c3)OCO4)=NO2)CN1C(=O)[C@@H](NC(=O)NC(C)C)C(C)(C)C)C(=O)C(N)=O. The molecule has 4 rings (SSSR count). The molecule has 1 saturated heterocycles. The van der Waals surface area contributed by atoms with Crippen LogP contribution < -0.4 is 31.2 Å². The predicted molar refractivity (Wildman–Crippen MR) is 159 cm³/mol. The first kappa shape index (κ1) is 32.6. The van der Waals surface area contributed by atoms with Crippen molar-refractivity contribution in [2.24, 2.45) is 16.3 Å². The Labute approximate surface area is 256 Å². The first-order valence-corrected chi connectivity index (χ1v) is 14.8. The van der Waals surface area contributed by atoms with Crippen LogP contribution in [0.25, 0.3) is 0 Å². The zero-order valence-electron chi connectivity index (χ0n) is 26.0. The average molecular weight is 615 g/mol. The molecule has 0 unspecified atom stereocenters. The maximum absolute atomic E-state index is 14.2. The largest absolute Gasteiger partial charge is 0.454 e. The number of hydrogen-bond acceptors (Lipinski definition) is 9. The van der Waals surface area contributed by atoms with Crippen molar-refractivity contribution >= 4 is 35.2 Å². The summed E-state index contributed by atoms with van der Waals surface area (Å²) in [5.74, 6) is -2.02. The van der Waals surface area contributed by atoms with E-state index in [4.69, 9.17) is 20.0 Å². The molecule has 0 bridgehead atoms. The zero-order valence-corrected chi connectivity index (χ0v) is 26.0. The van der Waals surface area contributed by atoms with Gasteiger partial charge in [-0.25, -0.2) is 4.79 Å². The van der Waals surface area contributed by atoms with Gasteiger partial charge in [0.05, 0.1) is 18.3 Å². The Hall–Kier alpha value is -4.36. The van der Waals surface area contributed by atoms with Crippen molar-refractivity contribution in [1.29, 1.82) is 0 Å². The smallest absolute Gasteiger partial charge is 0.315 e. The van der Waals surface area contributed by atoms with E-state index in [2.05, 4.69) is 21.1 Å². The quantitative estimate of drug-likeness (QED) is 0.284. The number of rotatable bonds is 10.